The Bertz CT molecular complexity index is 210. The Hall–Kier alpha value is -0.290. The summed E-state index contributed by atoms with van der Waals surface area (Å²) in [6, 6.07) is 0. The minimum Gasteiger partial charge on any atom is -0.372 e. The smallest absolute Gasteiger partial charge is 0.372 e. The number of ether oxygens (including phenoxy) is 1. The van der Waals surface area contributed by atoms with Gasteiger partial charge in [0.15, 0.2) is 0 Å². The molecule has 0 saturated heterocycles. The highest BCUT2D eigenvalue weighted by Crippen LogP contribution is 2.32. The van der Waals surface area contributed by atoms with Gasteiger partial charge in [0.2, 0.25) is 0 Å². The van der Waals surface area contributed by atoms with Crippen LogP contribution in [-0.4, -0.2) is 24.9 Å². The molecule has 0 radical (unpaired) electrons. The predicted molar refractivity (Wildman–Crippen MR) is 56.0 cm³/mol. The zero-order chi connectivity index (χ0) is 12.2. The van der Waals surface area contributed by atoms with E-state index in [0.29, 0.717) is 12.3 Å². The van der Waals surface area contributed by atoms with Gasteiger partial charge in [0, 0.05) is 12.1 Å². The van der Waals surface area contributed by atoms with E-state index in [2.05, 4.69) is 11.7 Å². The molecular weight excluding hydrogens is 219 g/mol. The summed E-state index contributed by atoms with van der Waals surface area (Å²) in [5, 5.41) is 0. The molecule has 0 unspecified atom stereocenters. The molecule has 1 rings (SSSR count). The van der Waals surface area contributed by atoms with Crippen molar-refractivity contribution in [1.82, 2.24) is 0 Å². The van der Waals surface area contributed by atoms with Crippen molar-refractivity contribution in [3.63, 3.8) is 0 Å². The summed E-state index contributed by atoms with van der Waals surface area (Å²) in [5.74, 6) is 0.688. The first kappa shape index (κ1) is 13.8. The van der Waals surface area contributed by atoms with E-state index in [9.17, 15) is 13.2 Å². The second-order valence-corrected chi connectivity index (χ2v) is 4.96. The summed E-state index contributed by atoms with van der Waals surface area (Å²) in [6.45, 7) is 1.11. The lowest BCUT2D eigenvalue weighted by atomic mass is 9.76. The molecule has 1 aliphatic rings. The van der Waals surface area contributed by atoms with Crippen molar-refractivity contribution in [3.05, 3.63) is 0 Å². The van der Waals surface area contributed by atoms with Gasteiger partial charge < -0.3 is 10.5 Å². The second kappa shape index (κ2) is 5.36. The van der Waals surface area contributed by atoms with Crippen LogP contribution in [0.5, 0.6) is 0 Å². The van der Waals surface area contributed by atoms with Gasteiger partial charge in [0.1, 0.15) is 6.61 Å². The Kier molecular flexibility index (Phi) is 4.62. The van der Waals surface area contributed by atoms with Gasteiger partial charge in [-0.05, 0) is 38.0 Å². The molecule has 1 saturated carbocycles. The van der Waals surface area contributed by atoms with Crippen molar-refractivity contribution < 1.29 is 17.9 Å². The highest BCUT2D eigenvalue weighted by molar-refractivity contribution is 4.88. The number of hydrogen-bond acceptors (Lipinski definition) is 2. The SMILES string of the molecule is CC1CCC(N)(CCOCC(F)(F)F)CC1. The van der Waals surface area contributed by atoms with Gasteiger partial charge in [0.25, 0.3) is 0 Å². The third kappa shape index (κ3) is 5.16. The van der Waals surface area contributed by atoms with E-state index in [1.807, 2.05) is 0 Å². The largest absolute Gasteiger partial charge is 0.411 e. The molecule has 0 aromatic carbocycles. The Morgan fingerprint density at radius 3 is 2.38 bits per heavy atom. The van der Waals surface area contributed by atoms with Crippen molar-refractivity contribution in [2.24, 2.45) is 11.7 Å². The fourth-order valence-electron chi connectivity index (χ4n) is 2.05. The molecule has 1 aliphatic carbocycles. The minimum atomic E-state index is -4.23. The van der Waals surface area contributed by atoms with Gasteiger partial charge in [-0.3, -0.25) is 0 Å². The van der Waals surface area contributed by atoms with E-state index < -0.39 is 12.8 Å². The first-order chi connectivity index (χ1) is 7.31. The van der Waals surface area contributed by atoms with Crippen LogP contribution >= 0.6 is 0 Å². The molecule has 0 aromatic heterocycles. The first-order valence-electron chi connectivity index (χ1n) is 5.74. The van der Waals surface area contributed by atoms with Crippen LogP contribution in [0.3, 0.4) is 0 Å². The molecule has 0 bridgehead atoms. The molecule has 0 spiro atoms. The molecule has 2 nitrogen and oxygen atoms in total. The lowest BCUT2D eigenvalue weighted by Crippen LogP contribution is -2.44. The first-order valence-corrected chi connectivity index (χ1v) is 5.74. The summed E-state index contributed by atoms with van der Waals surface area (Å²) >= 11 is 0. The fraction of sp³-hybridized carbons (Fsp3) is 1.00. The normalized spacial score (nSPS) is 31.7. The lowest BCUT2D eigenvalue weighted by Gasteiger charge is -2.36. The van der Waals surface area contributed by atoms with Gasteiger partial charge in [-0.15, -0.1) is 0 Å². The molecular formula is C11H20F3NO. The van der Waals surface area contributed by atoms with Crippen LogP contribution in [0, 0.1) is 5.92 Å². The van der Waals surface area contributed by atoms with E-state index in [1.54, 1.807) is 0 Å². The Morgan fingerprint density at radius 1 is 1.31 bits per heavy atom. The number of halogens is 3. The van der Waals surface area contributed by atoms with E-state index >= 15 is 0 Å². The standard InChI is InChI=1S/C11H20F3NO/c1-9-2-4-10(15,5-3-9)6-7-16-8-11(12,13)14/h9H,2-8,15H2,1H3. The molecule has 0 aromatic rings. The van der Waals surface area contributed by atoms with Gasteiger partial charge in [0.05, 0.1) is 0 Å². The van der Waals surface area contributed by atoms with Crippen molar-refractivity contribution in [2.75, 3.05) is 13.2 Å². The Balaban J connectivity index is 2.17. The maximum atomic E-state index is 11.8. The van der Waals surface area contributed by atoms with Crippen molar-refractivity contribution in [3.8, 4) is 0 Å². The highest BCUT2D eigenvalue weighted by Gasteiger charge is 2.31. The van der Waals surface area contributed by atoms with Gasteiger partial charge in [-0.25, -0.2) is 0 Å². The monoisotopic (exact) mass is 239 g/mol. The fourth-order valence-corrected chi connectivity index (χ4v) is 2.05. The van der Waals surface area contributed by atoms with Crippen molar-refractivity contribution in [2.45, 2.75) is 50.7 Å². The number of alkyl halides is 3. The Morgan fingerprint density at radius 2 is 1.88 bits per heavy atom. The maximum absolute atomic E-state index is 11.8. The molecule has 0 aliphatic heterocycles. The van der Waals surface area contributed by atoms with Crippen molar-refractivity contribution >= 4 is 0 Å². The van der Waals surface area contributed by atoms with E-state index in [0.717, 1.165) is 25.7 Å². The zero-order valence-electron chi connectivity index (χ0n) is 9.65. The van der Waals surface area contributed by atoms with Gasteiger partial charge >= 0.3 is 6.18 Å². The summed E-state index contributed by atoms with van der Waals surface area (Å²) in [6.07, 6.45) is 0.206. The lowest BCUT2D eigenvalue weighted by molar-refractivity contribution is -0.175. The van der Waals surface area contributed by atoms with Crippen LogP contribution < -0.4 is 5.73 Å². The summed E-state index contributed by atoms with van der Waals surface area (Å²) in [7, 11) is 0. The predicted octanol–water partition coefficient (Wildman–Crippen LogP) is 2.86. The number of rotatable bonds is 4. The van der Waals surface area contributed by atoms with Crippen LogP contribution in [0.2, 0.25) is 0 Å². The van der Waals surface area contributed by atoms with E-state index in [1.165, 1.54) is 0 Å². The Labute approximate surface area is 94.3 Å². The van der Waals surface area contributed by atoms with Crippen LogP contribution in [0.15, 0.2) is 0 Å². The van der Waals surface area contributed by atoms with Crippen LogP contribution in [0.4, 0.5) is 13.2 Å². The zero-order valence-corrected chi connectivity index (χ0v) is 9.65. The van der Waals surface area contributed by atoms with Gasteiger partial charge in [-0.1, -0.05) is 6.92 Å². The maximum Gasteiger partial charge on any atom is 0.411 e. The molecule has 2 N–H and O–H groups in total. The molecule has 0 atom stereocenters. The average molecular weight is 239 g/mol. The number of hydrogen-bond donors (Lipinski definition) is 1. The third-order valence-electron chi connectivity index (χ3n) is 3.28. The summed E-state index contributed by atoms with van der Waals surface area (Å²) in [4.78, 5) is 0. The number of nitrogens with two attached hydrogens (primary N) is 1. The summed E-state index contributed by atoms with van der Waals surface area (Å²) < 4.78 is 40.0. The van der Waals surface area contributed by atoms with Crippen molar-refractivity contribution in [1.29, 1.82) is 0 Å². The van der Waals surface area contributed by atoms with Gasteiger partial charge in [-0.2, -0.15) is 13.2 Å². The third-order valence-corrected chi connectivity index (χ3v) is 3.28. The second-order valence-electron chi connectivity index (χ2n) is 4.96. The van der Waals surface area contributed by atoms with Crippen LogP contribution in [-0.2, 0) is 4.74 Å². The van der Waals surface area contributed by atoms with E-state index in [-0.39, 0.29) is 12.1 Å². The molecule has 16 heavy (non-hydrogen) atoms. The average Bonchev–Trinajstić information content (AvgIpc) is 2.17. The summed E-state index contributed by atoms with van der Waals surface area (Å²) in [5.41, 5.74) is 5.80. The topological polar surface area (TPSA) is 35.2 Å². The minimum absolute atomic E-state index is 0.102. The molecule has 0 heterocycles. The van der Waals surface area contributed by atoms with Crippen LogP contribution in [0.25, 0.3) is 0 Å². The molecule has 1 fully saturated rings. The van der Waals surface area contributed by atoms with Crippen LogP contribution in [0.1, 0.15) is 39.0 Å². The molecule has 0 amide bonds. The highest BCUT2D eigenvalue weighted by atomic mass is 19.4. The molecule has 96 valence electrons. The van der Waals surface area contributed by atoms with E-state index in [4.69, 9.17) is 5.73 Å². The quantitative estimate of drug-likeness (QED) is 0.766. The molecule has 5 heteroatoms.